The first kappa shape index (κ1) is 19.8. The second-order valence-electron chi connectivity index (χ2n) is 6.49. The van der Waals surface area contributed by atoms with Gasteiger partial charge in [-0.05, 0) is 61.9 Å². The summed E-state index contributed by atoms with van der Waals surface area (Å²) in [4.78, 5) is 31.3. The molecular formula is C23H20N4O2. The number of anilines is 2. The van der Waals surface area contributed by atoms with Gasteiger partial charge in [0, 0.05) is 30.3 Å². The summed E-state index contributed by atoms with van der Waals surface area (Å²) in [6.07, 6.45) is 2.87. The quantitative estimate of drug-likeness (QED) is 0.715. The van der Waals surface area contributed by atoms with Gasteiger partial charge in [-0.2, -0.15) is 5.26 Å². The molecule has 1 heterocycles. The summed E-state index contributed by atoms with van der Waals surface area (Å²) in [5.41, 5.74) is 3.53. The molecule has 29 heavy (non-hydrogen) atoms. The van der Waals surface area contributed by atoms with Gasteiger partial charge in [0.25, 0.3) is 11.8 Å². The van der Waals surface area contributed by atoms with E-state index in [0.717, 1.165) is 11.3 Å². The Morgan fingerprint density at radius 3 is 2.45 bits per heavy atom. The zero-order chi connectivity index (χ0) is 20.8. The molecule has 6 heteroatoms. The number of pyridine rings is 1. The molecule has 0 aliphatic rings. The maximum Gasteiger partial charge on any atom is 0.259 e. The van der Waals surface area contributed by atoms with Gasteiger partial charge in [-0.15, -0.1) is 0 Å². The fraction of sp³-hybridized carbons (Fsp3) is 0.130. The van der Waals surface area contributed by atoms with Crippen molar-refractivity contribution >= 4 is 23.2 Å². The summed E-state index contributed by atoms with van der Waals surface area (Å²) in [6, 6.07) is 17.8. The van der Waals surface area contributed by atoms with Gasteiger partial charge in [0.15, 0.2) is 0 Å². The number of rotatable bonds is 5. The highest BCUT2D eigenvalue weighted by Gasteiger charge is 2.18. The molecule has 0 saturated heterocycles. The second-order valence-corrected chi connectivity index (χ2v) is 6.49. The Bertz CT molecular complexity index is 1080. The lowest BCUT2D eigenvalue weighted by Crippen LogP contribution is -2.31. The van der Waals surface area contributed by atoms with E-state index in [2.05, 4.69) is 10.3 Å². The summed E-state index contributed by atoms with van der Waals surface area (Å²) >= 11 is 0. The number of hydrogen-bond donors (Lipinski definition) is 1. The van der Waals surface area contributed by atoms with Gasteiger partial charge in [0.1, 0.15) is 0 Å². The highest BCUT2D eigenvalue weighted by atomic mass is 16.2. The minimum Gasteiger partial charge on any atom is -0.322 e. The number of carbonyl (C=O) groups excluding carboxylic acids is 2. The van der Waals surface area contributed by atoms with Gasteiger partial charge in [0.05, 0.1) is 22.8 Å². The van der Waals surface area contributed by atoms with E-state index in [1.807, 2.05) is 44.2 Å². The minimum atomic E-state index is -0.379. The second kappa shape index (κ2) is 8.81. The molecule has 0 spiro atoms. The van der Waals surface area contributed by atoms with Crippen LogP contribution < -0.4 is 10.2 Å². The van der Waals surface area contributed by atoms with Crippen molar-refractivity contribution in [2.24, 2.45) is 0 Å². The largest absolute Gasteiger partial charge is 0.322 e. The first-order valence-electron chi connectivity index (χ1n) is 9.17. The summed E-state index contributed by atoms with van der Waals surface area (Å²) in [6.45, 7) is 4.36. The van der Waals surface area contributed by atoms with Crippen molar-refractivity contribution in [2.45, 2.75) is 13.8 Å². The first-order chi connectivity index (χ1) is 14.0. The van der Waals surface area contributed by atoms with Crippen LogP contribution in [0.2, 0.25) is 0 Å². The van der Waals surface area contributed by atoms with E-state index < -0.39 is 0 Å². The van der Waals surface area contributed by atoms with Crippen molar-refractivity contribution < 1.29 is 9.59 Å². The van der Waals surface area contributed by atoms with E-state index in [0.29, 0.717) is 23.4 Å². The number of nitrogens with one attached hydrogen (secondary N) is 1. The maximum atomic E-state index is 13.0. The van der Waals surface area contributed by atoms with Crippen LogP contribution >= 0.6 is 0 Å². The molecule has 0 aliphatic carbocycles. The number of aromatic nitrogens is 1. The molecule has 0 aliphatic heterocycles. The monoisotopic (exact) mass is 384 g/mol. The van der Waals surface area contributed by atoms with Crippen LogP contribution in [0, 0.1) is 18.3 Å². The fourth-order valence-electron chi connectivity index (χ4n) is 2.91. The number of carbonyl (C=O) groups is 2. The van der Waals surface area contributed by atoms with Crippen molar-refractivity contribution in [2.75, 3.05) is 16.8 Å². The third kappa shape index (κ3) is 4.66. The highest BCUT2D eigenvalue weighted by molar-refractivity contribution is 6.09. The Morgan fingerprint density at radius 1 is 1.07 bits per heavy atom. The van der Waals surface area contributed by atoms with E-state index >= 15 is 0 Å². The van der Waals surface area contributed by atoms with Gasteiger partial charge < -0.3 is 10.2 Å². The Hall–Kier alpha value is -3.98. The summed E-state index contributed by atoms with van der Waals surface area (Å²) in [5, 5.41) is 11.6. The standard InChI is InChI=1S/C23H20N4O2/c1-3-27(21-6-4-5-16(2)11-21)23(29)19-12-18(14-25-15-19)22(28)26-20-9-7-17(13-24)8-10-20/h4-12,14-15H,3H2,1-2H3,(H,26,28). The molecule has 0 unspecified atom stereocenters. The number of benzene rings is 2. The average molecular weight is 384 g/mol. The minimum absolute atomic E-state index is 0.223. The van der Waals surface area contributed by atoms with Crippen molar-refractivity contribution in [1.29, 1.82) is 5.26 Å². The summed E-state index contributed by atoms with van der Waals surface area (Å²) in [7, 11) is 0. The lowest BCUT2D eigenvalue weighted by molar-refractivity contribution is 0.0988. The molecule has 0 saturated carbocycles. The van der Waals surface area contributed by atoms with E-state index in [1.54, 1.807) is 29.2 Å². The lowest BCUT2D eigenvalue weighted by Gasteiger charge is -2.21. The smallest absolute Gasteiger partial charge is 0.259 e. The van der Waals surface area contributed by atoms with E-state index in [9.17, 15) is 9.59 Å². The molecule has 2 amide bonds. The summed E-state index contributed by atoms with van der Waals surface area (Å²) < 4.78 is 0. The number of amides is 2. The molecule has 3 rings (SSSR count). The molecule has 3 aromatic rings. The molecule has 6 nitrogen and oxygen atoms in total. The van der Waals surface area contributed by atoms with E-state index in [-0.39, 0.29) is 17.4 Å². The third-order valence-corrected chi connectivity index (χ3v) is 4.39. The topological polar surface area (TPSA) is 86.1 Å². The van der Waals surface area contributed by atoms with Gasteiger partial charge in [-0.1, -0.05) is 12.1 Å². The summed E-state index contributed by atoms with van der Waals surface area (Å²) in [5.74, 6) is -0.603. The first-order valence-corrected chi connectivity index (χ1v) is 9.17. The van der Waals surface area contributed by atoms with Crippen molar-refractivity contribution in [3.63, 3.8) is 0 Å². The zero-order valence-electron chi connectivity index (χ0n) is 16.2. The van der Waals surface area contributed by atoms with Crippen LogP contribution in [0.1, 0.15) is 38.8 Å². The number of nitriles is 1. The molecule has 2 aromatic carbocycles. The molecule has 1 aromatic heterocycles. The van der Waals surface area contributed by atoms with Gasteiger partial charge in [-0.3, -0.25) is 14.6 Å². The average Bonchev–Trinajstić information content (AvgIpc) is 2.75. The van der Waals surface area contributed by atoms with Crippen molar-refractivity contribution in [1.82, 2.24) is 4.98 Å². The normalized spacial score (nSPS) is 10.1. The van der Waals surface area contributed by atoms with Crippen LogP contribution in [0.3, 0.4) is 0 Å². The van der Waals surface area contributed by atoms with Gasteiger partial charge >= 0.3 is 0 Å². The molecule has 0 bridgehead atoms. The van der Waals surface area contributed by atoms with Gasteiger partial charge in [0.2, 0.25) is 0 Å². The molecule has 1 N–H and O–H groups in total. The predicted molar refractivity (Wildman–Crippen MR) is 112 cm³/mol. The van der Waals surface area contributed by atoms with Crippen LogP contribution in [0.5, 0.6) is 0 Å². The SMILES string of the molecule is CCN(C(=O)c1cncc(C(=O)Nc2ccc(C#N)cc2)c1)c1cccc(C)c1. The molecule has 144 valence electrons. The van der Waals surface area contributed by atoms with Crippen LogP contribution in [0.25, 0.3) is 0 Å². The molecule has 0 fully saturated rings. The predicted octanol–water partition coefficient (Wildman–Crippen LogP) is 4.18. The Balaban J connectivity index is 1.81. The lowest BCUT2D eigenvalue weighted by atomic mass is 10.1. The van der Waals surface area contributed by atoms with Crippen LogP contribution in [0.4, 0.5) is 11.4 Å². The zero-order valence-corrected chi connectivity index (χ0v) is 16.2. The van der Waals surface area contributed by atoms with Gasteiger partial charge in [-0.25, -0.2) is 0 Å². The number of aryl methyl sites for hydroxylation is 1. The van der Waals surface area contributed by atoms with Crippen LogP contribution in [0.15, 0.2) is 67.0 Å². The highest BCUT2D eigenvalue weighted by Crippen LogP contribution is 2.19. The molecule has 0 radical (unpaired) electrons. The van der Waals surface area contributed by atoms with Crippen LogP contribution in [-0.2, 0) is 0 Å². The Morgan fingerprint density at radius 2 is 1.79 bits per heavy atom. The van der Waals surface area contributed by atoms with E-state index in [1.165, 1.54) is 18.5 Å². The third-order valence-electron chi connectivity index (χ3n) is 4.39. The van der Waals surface area contributed by atoms with Crippen LogP contribution in [-0.4, -0.2) is 23.3 Å². The maximum absolute atomic E-state index is 13.0. The molecular weight excluding hydrogens is 364 g/mol. The van der Waals surface area contributed by atoms with E-state index in [4.69, 9.17) is 5.26 Å². The van der Waals surface area contributed by atoms with Crippen molar-refractivity contribution in [3.8, 4) is 6.07 Å². The Kier molecular flexibility index (Phi) is 6.00. The van der Waals surface area contributed by atoms with Crippen molar-refractivity contribution in [3.05, 3.63) is 89.2 Å². The molecule has 0 atom stereocenters. The number of nitrogens with zero attached hydrogens (tertiary/aromatic N) is 3. The number of hydrogen-bond acceptors (Lipinski definition) is 4. The fourth-order valence-corrected chi connectivity index (χ4v) is 2.91. The Labute approximate surface area is 169 Å².